The second-order valence-electron chi connectivity index (χ2n) is 6.98. The van der Waals surface area contributed by atoms with Gasteiger partial charge in [-0.15, -0.1) is 0 Å². The molecule has 0 aliphatic carbocycles. The Bertz CT molecular complexity index is 1050. The summed E-state index contributed by atoms with van der Waals surface area (Å²) in [7, 11) is 1.33. The average Bonchev–Trinajstić information content (AvgIpc) is 2.84. The number of carbonyl (C=O) groups excluding carboxylic acids is 2. The van der Waals surface area contributed by atoms with Crippen molar-refractivity contribution in [3.05, 3.63) is 78.1 Å². The number of nitrogens with zero attached hydrogens (tertiary/aromatic N) is 4. The summed E-state index contributed by atoms with van der Waals surface area (Å²) in [6.07, 6.45) is 1.58. The standard InChI is InChI=1S/C23H22N4O3/c1-30-23(29)19-9-5-8-18(14-19)22(28)27-12-10-26(11-13-27)21-15-20(24-16-25-21)17-6-3-2-4-7-17/h2-9,14-16H,10-13H2,1H3. The van der Waals surface area contributed by atoms with Crippen molar-refractivity contribution in [2.24, 2.45) is 0 Å². The summed E-state index contributed by atoms with van der Waals surface area (Å²) in [5, 5.41) is 0. The van der Waals surface area contributed by atoms with E-state index in [2.05, 4.69) is 14.9 Å². The molecule has 7 nitrogen and oxygen atoms in total. The number of benzene rings is 2. The minimum absolute atomic E-state index is 0.0898. The van der Waals surface area contributed by atoms with Gasteiger partial charge in [0, 0.05) is 43.4 Å². The minimum Gasteiger partial charge on any atom is -0.465 e. The molecule has 4 rings (SSSR count). The van der Waals surface area contributed by atoms with E-state index in [4.69, 9.17) is 4.74 Å². The highest BCUT2D eigenvalue weighted by molar-refractivity contribution is 5.98. The zero-order valence-corrected chi connectivity index (χ0v) is 16.7. The molecule has 0 spiro atoms. The Hall–Kier alpha value is -3.74. The SMILES string of the molecule is COC(=O)c1cccc(C(=O)N2CCN(c3cc(-c4ccccc4)ncn3)CC2)c1. The molecule has 0 saturated carbocycles. The van der Waals surface area contributed by atoms with Crippen molar-refractivity contribution in [1.82, 2.24) is 14.9 Å². The molecule has 1 fully saturated rings. The molecule has 0 atom stereocenters. The van der Waals surface area contributed by atoms with E-state index < -0.39 is 5.97 Å². The molecule has 1 aliphatic rings. The van der Waals surface area contributed by atoms with Crippen molar-refractivity contribution < 1.29 is 14.3 Å². The molecule has 152 valence electrons. The van der Waals surface area contributed by atoms with Crippen LogP contribution in [0.25, 0.3) is 11.3 Å². The lowest BCUT2D eigenvalue weighted by Crippen LogP contribution is -2.49. The lowest BCUT2D eigenvalue weighted by Gasteiger charge is -2.35. The van der Waals surface area contributed by atoms with Gasteiger partial charge in [0.25, 0.3) is 5.91 Å². The van der Waals surface area contributed by atoms with Crippen molar-refractivity contribution in [2.45, 2.75) is 0 Å². The van der Waals surface area contributed by atoms with Crippen molar-refractivity contribution in [3.8, 4) is 11.3 Å². The summed E-state index contributed by atoms with van der Waals surface area (Å²) >= 11 is 0. The predicted octanol–water partition coefficient (Wildman–Crippen LogP) is 2.89. The van der Waals surface area contributed by atoms with Gasteiger partial charge in [0.2, 0.25) is 0 Å². The zero-order chi connectivity index (χ0) is 20.9. The van der Waals surface area contributed by atoms with Crippen molar-refractivity contribution in [3.63, 3.8) is 0 Å². The van der Waals surface area contributed by atoms with Gasteiger partial charge in [0.1, 0.15) is 12.1 Å². The van der Waals surface area contributed by atoms with E-state index in [0.717, 1.165) is 17.1 Å². The van der Waals surface area contributed by atoms with E-state index in [9.17, 15) is 9.59 Å². The van der Waals surface area contributed by atoms with E-state index in [-0.39, 0.29) is 5.91 Å². The number of carbonyl (C=O) groups is 2. The van der Waals surface area contributed by atoms with Gasteiger partial charge in [0.15, 0.2) is 0 Å². The van der Waals surface area contributed by atoms with Crippen LogP contribution in [0.4, 0.5) is 5.82 Å². The Morgan fingerprint density at radius 2 is 1.60 bits per heavy atom. The van der Waals surface area contributed by atoms with Crippen LogP contribution < -0.4 is 4.90 Å². The highest BCUT2D eigenvalue weighted by atomic mass is 16.5. The summed E-state index contributed by atoms with van der Waals surface area (Å²) in [5.41, 5.74) is 2.77. The summed E-state index contributed by atoms with van der Waals surface area (Å²) in [5.74, 6) is 0.309. The third-order valence-electron chi connectivity index (χ3n) is 5.14. The zero-order valence-electron chi connectivity index (χ0n) is 16.7. The summed E-state index contributed by atoms with van der Waals surface area (Å²) in [4.78, 5) is 37.4. The third kappa shape index (κ3) is 4.15. The fourth-order valence-corrected chi connectivity index (χ4v) is 3.51. The Morgan fingerprint density at radius 1 is 0.867 bits per heavy atom. The van der Waals surface area contributed by atoms with Crippen LogP contribution in [0, 0.1) is 0 Å². The van der Waals surface area contributed by atoms with Gasteiger partial charge in [-0.3, -0.25) is 4.79 Å². The van der Waals surface area contributed by atoms with E-state index in [1.54, 1.807) is 35.5 Å². The van der Waals surface area contributed by atoms with Gasteiger partial charge in [-0.1, -0.05) is 36.4 Å². The largest absolute Gasteiger partial charge is 0.465 e. The Morgan fingerprint density at radius 3 is 2.33 bits per heavy atom. The maximum absolute atomic E-state index is 12.9. The lowest BCUT2D eigenvalue weighted by atomic mass is 10.1. The quantitative estimate of drug-likeness (QED) is 0.625. The van der Waals surface area contributed by atoms with Crippen LogP contribution in [-0.4, -0.2) is 60.0 Å². The van der Waals surface area contributed by atoms with Crippen molar-refractivity contribution in [2.75, 3.05) is 38.2 Å². The molecule has 0 radical (unpaired) electrons. The molecule has 0 unspecified atom stereocenters. The van der Waals surface area contributed by atoms with Gasteiger partial charge in [-0.2, -0.15) is 0 Å². The number of hydrogen-bond donors (Lipinski definition) is 0. The van der Waals surface area contributed by atoms with Crippen molar-refractivity contribution in [1.29, 1.82) is 0 Å². The number of piperazine rings is 1. The van der Waals surface area contributed by atoms with Crippen LogP contribution in [0.2, 0.25) is 0 Å². The highest BCUT2D eigenvalue weighted by Gasteiger charge is 2.23. The van der Waals surface area contributed by atoms with Gasteiger partial charge < -0.3 is 14.5 Å². The molecule has 3 aromatic rings. The first-order valence-electron chi connectivity index (χ1n) is 9.76. The normalized spacial score (nSPS) is 13.8. The smallest absolute Gasteiger partial charge is 0.337 e. The fraction of sp³-hybridized carbons (Fsp3) is 0.217. The molecule has 1 aliphatic heterocycles. The molecule has 1 amide bonds. The van der Waals surface area contributed by atoms with Crippen LogP contribution in [0.5, 0.6) is 0 Å². The summed E-state index contributed by atoms with van der Waals surface area (Å²) in [6, 6.07) is 18.6. The van der Waals surface area contributed by atoms with Gasteiger partial charge in [-0.25, -0.2) is 14.8 Å². The molecule has 30 heavy (non-hydrogen) atoms. The molecular formula is C23H22N4O3. The number of hydrogen-bond acceptors (Lipinski definition) is 6. The molecule has 2 aromatic carbocycles. The second kappa shape index (κ2) is 8.73. The maximum Gasteiger partial charge on any atom is 0.337 e. The number of anilines is 1. The lowest BCUT2D eigenvalue weighted by molar-refractivity contribution is 0.0600. The highest BCUT2D eigenvalue weighted by Crippen LogP contribution is 2.22. The molecule has 0 bridgehead atoms. The summed E-state index contributed by atoms with van der Waals surface area (Å²) < 4.78 is 4.74. The predicted molar refractivity (Wildman–Crippen MR) is 113 cm³/mol. The third-order valence-corrected chi connectivity index (χ3v) is 5.14. The van der Waals surface area contributed by atoms with Crippen LogP contribution in [-0.2, 0) is 4.74 Å². The molecule has 1 saturated heterocycles. The summed E-state index contributed by atoms with van der Waals surface area (Å²) in [6.45, 7) is 2.50. The number of methoxy groups -OCH3 is 1. The molecular weight excluding hydrogens is 380 g/mol. The Labute approximate surface area is 174 Å². The number of amides is 1. The first kappa shape index (κ1) is 19.6. The van der Waals surface area contributed by atoms with Crippen LogP contribution in [0.1, 0.15) is 20.7 Å². The van der Waals surface area contributed by atoms with E-state index >= 15 is 0 Å². The van der Waals surface area contributed by atoms with Gasteiger partial charge >= 0.3 is 5.97 Å². The van der Waals surface area contributed by atoms with Gasteiger partial charge in [0.05, 0.1) is 18.4 Å². The average molecular weight is 402 g/mol. The topological polar surface area (TPSA) is 75.6 Å². The number of aromatic nitrogens is 2. The Kier molecular flexibility index (Phi) is 5.70. The van der Waals surface area contributed by atoms with Crippen molar-refractivity contribution >= 4 is 17.7 Å². The molecule has 0 N–H and O–H groups in total. The maximum atomic E-state index is 12.9. The molecule has 2 heterocycles. The number of ether oxygens (including phenoxy) is 1. The fourth-order valence-electron chi connectivity index (χ4n) is 3.51. The van der Waals surface area contributed by atoms with E-state index in [1.165, 1.54) is 7.11 Å². The molecule has 7 heteroatoms. The van der Waals surface area contributed by atoms with Crippen LogP contribution in [0.3, 0.4) is 0 Å². The Balaban J connectivity index is 1.43. The van der Waals surface area contributed by atoms with E-state index in [0.29, 0.717) is 37.3 Å². The number of esters is 1. The van der Waals surface area contributed by atoms with Crippen LogP contribution >= 0.6 is 0 Å². The minimum atomic E-state index is -0.451. The monoisotopic (exact) mass is 402 g/mol. The second-order valence-corrected chi connectivity index (χ2v) is 6.98. The first-order chi connectivity index (χ1) is 14.7. The number of rotatable bonds is 4. The van der Waals surface area contributed by atoms with E-state index in [1.807, 2.05) is 36.4 Å². The van der Waals surface area contributed by atoms with Crippen LogP contribution in [0.15, 0.2) is 67.0 Å². The first-order valence-corrected chi connectivity index (χ1v) is 9.76. The molecule has 1 aromatic heterocycles. The van der Waals surface area contributed by atoms with Gasteiger partial charge in [-0.05, 0) is 18.2 Å².